The molecule has 0 saturated heterocycles. The lowest BCUT2D eigenvalue weighted by atomic mass is 10.0. The number of nitro groups is 1. The van der Waals surface area contributed by atoms with Crippen LogP contribution in [-0.4, -0.2) is 31.0 Å². The molecule has 11 nitrogen and oxygen atoms in total. The van der Waals surface area contributed by atoms with Gasteiger partial charge < -0.3 is 20.1 Å². The highest BCUT2D eigenvalue weighted by atomic mass is 16.7. The second-order valence-electron chi connectivity index (χ2n) is 9.00. The van der Waals surface area contributed by atoms with E-state index in [-0.39, 0.29) is 34.4 Å². The van der Waals surface area contributed by atoms with E-state index in [9.17, 15) is 25.1 Å². The molecule has 0 bridgehead atoms. The van der Waals surface area contributed by atoms with Crippen LogP contribution in [0.15, 0.2) is 89.1 Å². The van der Waals surface area contributed by atoms with Gasteiger partial charge in [0, 0.05) is 28.8 Å². The van der Waals surface area contributed by atoms with Crippen LogP contribution in [-0.2, 0) is 0 Å². The number of fused-ring (bicyclic) bond motifs is 1. The van der Waals surface area contributed by atoms with Crippen molar-refractivity contribution in [2.45, 2.75) is 13.8 Å². The van der Waals surface area contributed by atoms with Gasteiger partial charge in [-0.15, -0.1) is 10.2 Å². The van der Waals surface area contributed by atoms with E-state index in [4.69, 9.17) is 9.84 Å². The van der Waals surface area contributed by atoms with Crippen molar-refractivity contribution < 1.29 is 29.8 Å². The zero-order valence-corrected chi connectivity index (χ0v) is 21.3. The minimum atomic E-state index is -1.47. The molecule has 0 fully saturated rings. The molecule has 1 aromatic heterocycles. The highest BCUT2D eigenvalue weighted by molar-refractivity contribution is 5.98. The largest absolute Gasteiger partial charge is 0.511 e. The predicted octanol–water partition coefficient (Wildman–Crippen LogP) is 7.71. The molecule has 0 atom stereocenters. The summed E-state index contributed by atoms with van der Waals surface area (Å²) in [6.07, 6.45) is -1.47. The first-order valence-electron chi connectivity index (χ1n) is 12.0. The summed E-state index contributed by atoms with van der Waals surface area (Å²) in [5, 5.41) is 51.3. The summed E-state index contributed by atoms with van der Waals surface area (Å²) >= 11 is 0. The molecule has 5 rings (SSSR count). The number of phenols is 1. The van der Waals surface area contributed by atoms with Crippen LogP contribution in [0.4, 0.5) is 21.9 Å². The van der Waals surface area contributed by atoms with Gasteiger partial charge >= 0.3 is 6.16 Å². The van der Waals surface area contributed by atoms with E-state index in [1.54, 1.807) is 24.3 Å². The number of non-ortho nitro benzene ring substituents is 1. The third-order valence-corrected chi connectivity index (χ3v) is 6.48. The van der Waals surface area contributed by atoms with Crippen LogP contribution >= 0.6 is 0 Å². The SMILES string of the molecule is Cc1ccc(-n2c(O)c(N=Nc3cccc(-c4cccc(OC(=O)O)c4)c3O)c3cc([N+](=O)[O-])ccc32)cc1C. The average molecular weight is 539 g/mol. The number of phenolic OH excluding ortho intramolecular Hbond substituents is 1. The molecule has 0 aliphatic rings. The lowest BCUT2D eigenvalue weighted by Gasteiger charge is -2.09. The second kappa shape index (κ2) is 10.2. The Kier molecular flexibility index (Phi) is 6.62. The zero-order valence-electron chi connectivity index (χ0n) is 21.3. The maximum absolute atomic E-state index is 11.5. The number of carboxylic acid groups (broad SMARTS) is 1. The van der Waals surface area contributed by atoms with E-state index in [0.717, 1.165) is 11.1 Å². The van der Waals surface area contributed by atoms with E-state index < -0.39 is 11.1 Å². The predicted molar refractivity (Wildman–Crippen MR) is 147 cm³/mol. The molecular weight excluding hydrogens is 516 g/mol. The Morgan fingerprint density at radius 3 is 2.42 bits per heavy atom. The molecule has 0 spiro atoms. The van der Waals surface area contributed by atoms with Gasteiger partial charge in [-0.25, -0.2) is 4.79 Å². The number of azo groups is 1. The van der Waals surface area contributed by atoms with Gasteiger partial charge in [0.25, 0.3) is 5.69 Å². The van der Waals surface area contributed by atoms with Gasteiger partial charge in [0.15, 0.2) is 11.4 Å². The zero-order chi connectivity index (χ0) is 28.6. The molecule has 5 aromatic rings. The van der Waals surface area contributed by atoms with E-state index in [0.29, 0.717) is 27.7 Å². The first-order valence-corrected chi connectivity index (χ1v) is 12.0. The molecule has 0 aliphatic carbocycles. The van der Waals surface area contributed by atoms with Crippen LogP contribution in [0.1, 0.15) is 11.1 Å². The van der Waals surface area contributed by atoms with Gasteiger partial charge in [-0.2, -0.15) is 0 Å². The summed E-state index contributed by atoms with van der Waals surface area (Å²) in [5.41, 5.74) is 3.83. The maximum atomic E-state index is 11.5. The maximum Gasteiger partial charge on any atom is 0.511 e. The summed E-state index contributed by atoms with van der Waals surface area (Å²) in [5.74, 6) is -0.458. The van der Waals surface area contributed by atoms with Crippen molar-refractivity contribution in [1.82, 2.24) is 4.57 Å². The fourth-order valence-electron chi connectivity index (χ4n) is 4.36. The topological polar surface area (TPSA) is 160 Å². The molecule has 0 radical (unpaired) electrons. The third kappa shape index (κ3) is 4.78. The van der Waals surface area contributed by atoms with Crippen molar-refractivity contribution in [2.24, 2.45) is 10.2 Å². The van der Waals surface area contributed by atoms with Crippen molar-refractivity contribution >= 4 is 34.1 Å². The van der Waals surface area contributed by atoms with Gasteiger partial charge in [-0.1, -0.05) is 30.3 Å². The number of benzene rings is 4. The molecule has 4 aromatic carbocycles. The molecular formula is C29H22N4O7. The van der Waals surface area contributed by atoms with Crippen LogP contribution in [0.5, 0.6) is 17.4 Å². The van der Waals surface area contributed by atoms with Crippen molar-refractivity contribution in [3.63, 3.8) is 0 Å². The number of para-hydroxylation sites is 1. The summed E-state index contributed by atoms with van der Waals surface area (Å²) in [6, 6.07) is 20.7. The highest BCUT2D eigenvalue weighted by Crippen LogP contribution is 2.44. The van der Waals surface area contributed by atoms with Crippen molar-refractivity contribution in [1.29, 1.82) is 0 Å². The number of aryl methyl sites for hydroxylation is 2. The van der Waals surface area contributed by atoms with E-state index in [1.165, 1.54) is 41.0 Å². The Labute approximate surface area is 227 Å². The minimum absolute atomic E-state index is 0.0152. The van der Waals surface area contributed by atoms with E-state index >= 15 is 0 Å². The molecule has 0 saturated carbocycles. The summed E-state index contributed by atoms with van der Waals surface area (Å²) in [7, 11) is 0. The van der Waals surface area contributed by atoms with Crippen molar-refractivity contribution in [3.05, 3.63) is 100 Å². The summed E-state index contributed by atoms with van der Waals surface area (Å²) in [6.45, 7) is 3.90. The van der Waals surface area contributed by atoms with E-state index in [1.807, 2.05) is 32.0 Å². The molecule has 40 heavy (non-hydrogen) atoms. The molecule has 0 amide bonds. The van der Waals surface area contributed by atoms with Crippen molar-refractivity contribution in [3.8, 4) is 34.2 Å². The monoisotopic (exact) mass is 538 g/mol. The standard InChI is InChI=1S/C29H22N4O7/c1-16-9-10-19(13-17(16)2)32-25-12-11-20(33(38)39)15-23(25)26(28(32)35)31-30-24-8-4-7-22(27(24)34)18-5-3-6-21(14-18)40-29(36)37/h3-15,34-35H,1-2H3,(H,36,37). The normalized spacial score (nSPS) is 11.2. The van der Waals surface area contributed by atoms with Crippen LogP contribution in [0.2, 0.25) is 0 Å². The van der Waals surface area contributed by atoms with Crippen LogP contribution in [0.3, 0.4) is 0 Å². The van der Waals surface area contributed by atoms with Crippen LogP contribution in [0, 0.1) is 24.0 Å². The summed E-state index contributed by atoms with van der Waals surface area (Å²) < 4.78 is 6.23. The smallest absolute Gasteiger partial charge is 0.505 e. The average Bonchev–Trinajstić information content (AvgIpc) is 3.19. The second-order valence-corrected chi connectivity index (χ2v) is 9.00. The lowest BCUT2D eigenvalue weighted by molar-refractivity contribution is -0.384. The molecule has 0 aliphatic heterocycles. The van der Waals surface area contributed by atoms with Crippen molar-refractivity contribution in [2.75, 3.05) is 0 Å². The van der Waals surface area contributed by atoms with Crippen LogP contribution < -0.4 is 4.74 Å². The van der Waals surface area contributed by atoms with E-state index in [2.05, 4.69) is 10.2 Å². The Morgan fingerprint density at radius 2 is 1.70 bits per heavy atom. The Hall–Kier alpha value is -5.71. The van der Waals surface area contributed by atoms with Gasteiger partial charge in [-0.3, -0.25) is 14.7 Å². The third-order valence-electron chi connectivity index (χ3n) is 6.48. The highest BCUT2D eigenvalue weighted by Gasteiger charge is 2.21. The Morgan fingerprint density at radius 1 is 0.925 bits per heavy atom. The number of hydrogen-bond donors (Lipinski definition) is 3. The van der Waals surface area contributed by atoms with Gasteiger partial charge in [0.2, 0.25) is 5.88 Å². The molecule has 11 heteroatoms. The number of nitrogens with zero attached hydrogens (tertiary/aromatic N) is 4. The Bertz CT molecular complexity index is 1840. The minimum Gasteiger partial charge on any atom is -0.505 e. The number of aromatic hydroxyl groups is 2. The molecule has 0 unspecified atom stereocenters. The van der Waals surface area contributed by atoms with Gasteiger partial charge in [0.1, 0.15) is 11.4 Å². The first-order chi connectivity index (χ1) is 19.1. The fourth-order valence-corrected chi connectivity index (χ4v) is 4.36. The van der Waals surface area contributed by atoms with Gasteiger partial charge in [0.05, 0.1) is 10.4 Å². The molecule has 200 valence electrons. The first kappa shape index (κ1) is 25.9. The number of ether oxygens (including phenoxy) is 1. The quantitative estimate of drug-likeness (QED) is 0.0656. The number of aromatic nitrogens is 1. The number of hydrogen-bond acceptors (Lipinski definition) is 8. The Balaban J connectivity index is 1.63. The fraction of sp³-hybridized carbons (Fsp3) is 0.0690. The summed E-state index contributed by atoms with van der Waals surface area (Å²) in [4.78, 5) is 21.8. The number of nitro benzene ring substituents is 1. The molecule has 3 N–H and O–H groups in total. The number of carbonyl (C=O) groups is 1. The number of rotatable bonds is 6. The van der Waals surface area contributed by atoms with Gasteiger partial charge in [-0.05, 0) is 66.9 Å². The van der Waals surface area contributed by atoms with Crippen LogP contribution in [0.25, 0.3) is 27.7 Å². The molecule has 1 heterocycles. The lowest BCUT2D eigenvalue weighted by Crippen LogP contribution is -2.02.